The first-order chi connectivity index (χ1) is 14.6. The highest BCUT2D eigenvalue weighted by molar-refractivity contribution is 6.06. The summed E-state index contributed by atoms with van der Waals surface area (Å²) in [7, 11) is 0. The maximum absolute atomic E-state index is 6.29. The molecule has 158 valence electrons. The fourth-order valence-corrected chi connectivity index (χ4v) is 4.85. The van der Waals surface area contributed by atoms with Crippen LogP contribution in [-0.4, -0.2) is 44.1 Å². The molecular weight excluding hydrogens is 380 g/mol. The molecule has 5 rings (SSSR count). The van der Waals surface area contributed by atoms with Crippen molar-refractivity contribution in [1.82, 2.24) is 19.4 Å². The molecule has 2 aliphatic rings. The highest BCUT2D eigenvalue weighted by Crippen LogP contribution is 2.40. The number of nitrogen functional groups attached to an aromatic ring is 1. The zero-order chi connectivity index (χ0) is 20.7. The van der Waals surface area contributed by atoms with Crippen molar-refractivity contribution in [2.24, 2.45) is 5.16 Å². The SMILES string of the molecule is CCOCc1nc2c(N)nc3ccccc3c2n1CCN1C(C)=NOC12CCCC2. The summed E-state index contributed by atoms with van der Waals surface area (Å²) in [5.74, 6) is 2.26. The van der Waals surface area contributed by atoms with Crippen LogP contribution < -0.4 is 5.73 Å². The number of hydrogen-bond acceptors (Lipinski definition) is 7. The fraction of sp³-hybridized carbons (Fsp3) is 0.500. The minimum atomic E-state index is -0.275. The first kappa shape index (κ1) is 19.1. The number of oxime groups is 1. The first-order valence-corrected chi connectivity index (χ1v) is 10.7. The minimum Gasteiger partial charge on any atom is -0.382 e. The molecule has 0 atom stereocenters. The minimum absolute atomic E-state index is 0.275. The standard InChI is InChI=1S/C22H28N6O2/c1-3-29-14-18-25-19-20(16-8-4-5-9-17(16)24-21(19)23)27(18)12-13-28-15(2)26-30-22(28)10-6-7-11-22/h4-5,8-9H,3,6-7,10-14H2,1-2H3,(H2,23,24). The smallest absolute Gasteiger partial charge is 0.211 e. The number of hydrogen-bond donors (Lipinski definition) is 1. The summed E-state index contributed by atoms with van der Waals surface area (Å²) < 4.78 is 7.96. The molecule has 30 heavy (non-hydrogen) atoms. The molecule has 8 heteroatoms. The number of rotatable bonds is 6. The van der Waals surface area contributed by atoms with Crippen LogP contribution in [-0.2, 0) is 22.7 Å². The van der Waals surface area contributed by atoms with Crippen molar-refractivity contribution < 1.29 is 9.57 Å². The predicted octanol–water partition coefficient (Wildman–Crippen LogP) is 3.64. The lowest BCUT2D eigenvalue weighted by Gasteiger charge is -2.33. The molecule has 2 N–H and O–H groups in total. The Morgan fingerprint density at radius 1 is 1.17 bits per heavy atom. The van der Waals surface area contributed by atoms with E-state index >= 15 is 0 Å². The number of amidine groups is 1. The Bertz CT molecular complexity index is 1120. The third kappa shape index (κ3) is 2.98. The highest BCUT2D eigenvalue weighted by atomic mass is 16.7. The van der Waals surface area contributed by atoms with Crippen molar-refractivity contribution in [1.29, 1.82) is 0 Å². The molecule has 1 aliphatic heterocycles. The summed E-state index contributed by atoms with van der Waals surface area (Å²) >= 11 is 0. The number of anilines is 1. The Balaban J connectivity index is 1.57. The van der Waals surface area contributed by atoms with Crippen molar-refractivity contribution in [2.45, 2.75) is 58.4 Å². The van der Waals surface area contributed by atoms with E-state index in [2.05, 4.69) is 25.7 Å². The Morgan fingerprint density at radius 2 is 1.97 bits per heavy atom. The van der Waals surface area contributed by atoms with E-state index in [1.54, 1.807) is 0 Å². The van der Waals surface area contributed by atoms with Crippen LogP contribution >= 0.6 is 0 Å². The van der Waals surface area contributed by atoms with E-state index in [0.29, 0.717) is 19.0 Å². The molecule has 1 saturated carbocycles. The molecule has 0 saturated heterocycles. The van der Waals surface area contributed by atoms with E-state index in [9.17, 15) is 0 Å². The summed E-state index contributed by atoms with van der Waals surface area (Å²) in [6.07, 6.45) is 4.39. The van der Waals surface area contributed by atoms with Crippen LogP contribution in [0, 0.1) is 0 Å². The Kier molecular flexibility index (Phi) is 4.73. The lowest BCUT2D eigenvalue weighted by molar-refractivity contribution is -0.0935. The zero-order valence-corrected chi connectivity index (χ0v) is 17.6. The van der Waals surface area contributed by atoms with Gasteiger partial charge in [0.25, 0.3) is 0 Å². The maximum Gasteiger partial charge on any atom is 0.211 e. The van der Waals surface area contributed by atoms with Crippen LogP contribution in [0.3, 0.4) is 0 Å². The van der Waals surface area contributed by atoms with Gasteiger partial charge in [-0.2, -0.15) is 0 Å². The molecule has 8 nitrogen and oxygen atoms in total. The number of benzene rings is 1. The third-order valence-electron chi connectivity index (χ3n) is 6.29. The van der Waals surface area contributed by atoms with Gasteiger partial charge in [-0.3, -0.25) is 0 Å². The van der Waals surface area contributed by atoms with E-state index in [1.807, 2.05) is 32.0 Å². The highest BCUT2D eigenvalue weighted by Gasteiger charge is 2.46. The normalized spacial score (nSPS) is 17.9. The average molecular weight is 409 g/mol. The molecule has 1 fully saturated rings. The van der Waals surface area contributed by atoms with Crippen LogP contribution in [0.1, 0.15) is 45.4 Å². The topological polar surface area (TPSA) is 90.8 Å². The van der Waals surface area contributed by atoms with Crippen LogP contribution in [0.4, 0.5) is 5.82 Å². The molecular formula is C22H28N6O2. The van der Waals surface area contributed by atoms with Crippen LogP contribution in [0.5, 0.6) is 0 Å². The summed E-state index contributed by atoms with van der Waals surface area (Å²) in [6, 6.07) is 8.08. The number of aromatic nitrogens is 3. The number of nitrogens with two attached hydrogens (primary N) is 1. The van der Waals surface area contributed by atoms with E-state index in [4.69, 9.17) is 20.3 Å². The lowest BCUT2D eigenvalue weighted by atomic mass is 10.1. The number of fused-ring (bicyclic) bond motifs is 3. The molecule has 0 unspecified atom stereocenters. The van der Waals surface area contributed by atoms with Gasteiger partial charge in [0.05, 0.1) is 11.0 Å². The van der Waals surface area contributed by atoms with Crippen LogP contribution in [0.25, 0.3) is 21.9 Å². The number of imidazole rings is 1. The number of para-hydroxylation sites is 1. The van der Waals surface area contributed by atoms with Crippen LogP contribution in [0.15, 0.2) is 29.4 Å². The number of pyridine rings is 1. The fourth-order valence-electron chi connectivity index (χ4n) is 4.85. The Labute approximate surface area is 175 Å². The van der Waals surface area contributed by atoms with Gasteiger partial charge in [0.1, 0.15) is 23.8 Å². The van der Waals surface area contributed by atoms with Crippen molar-refractivity contribution in [3.63, 3.8) is 0 Å². The van der Waals surface area contributed by atoms with E-state index in [1.165, 1.54) is 12.8 Å². The van der Waals surface area contributed by atoms with Gasteiger partial charge >= 0.3 is 0 Å². The molecule has 3 aromatic rings. The van der Waals surface area contributed by atoms with E-state index in [0.717, 1.165) is 59.5 Å². The largest absolute Gasteiger partial charge is 0.382 e. The molecule has 1 aliphatic carbocycles. The third-order valence-corrected chi connectivity index (χ3v) is 6.29. The van der Waals surface area contributed by atoms with Crippen molar-refractivity contribution in [3.05, 3.63) is 30.1 Å². The Morgan fingerprint density at radius 3 is 2.77 bits per heavy atom. The van der Waals surface area contributed by atoms with E-state index in [-0.39, 0.29) is 5.72 Å². The molecule has 0 radical (unpaired) electrons. The lowest BCUT2D eigenvalue weighted by Crippen LogP contribution is -2.47. The summed E-state index contributed by atoms with van der Waals surface area (Å²) in [5, 5.41) is 5.37. The second-order valence-electron chi connectivity index (χ2n) is 8.06. The summed E-state index contributed by atoms with van der Waals surface area (Å²) in [6.45, 7) is 6.61. The molecule has 0 amide bonds. The second kappa shape index (κ2) is 7.43. The van der Waals surface area contributed by atoms with Gasteiger partial charge in [-0.1, -0.05) is 23.4 Å². The van der Waals surface area contributed by atoms with Gasteiger partial charge in [-0.25, -0.2) is 9.97 Å². The predicted molar refractivity (Wildman–Crippen MR) is 117 cm³/mol. The van der Waals surface area contributed by atoms with Gasteiger partial charge in [0.2, 0.25) is 5.72 Å². The molecule has 0 bridgehead atoms. The quantitative estimate of drug-likeness (QED) is 0.670. The molecule has 1 spiro atoms. The van der Waals surface area contributed by atoms with Crippen molar-refractivity contribution >= 4 is 33.6 Å². The Hall–Kier alpha value is -2.87. The maximum atomic E-state index is 6.29. The second-order valence-corrected chi connectivity index (χ2v) is 8.06. The van der Waals surface area contributed by atoms with Gasteiger partial charge in [-0.05, 0) is 32.8 Å². The zero-order valence-electron chi connectivity index (χ0n) is 17.6. The summed E-state index contributed by atoms with van der Waals surface area (Å²) in [5.41, 5.74) is 8.65. The van der Waals surface area contributed by atoms with Crippen molar-refractivity contribution in [2.75, 3.05) is 18.9 Å². The molecule has 3 heterocycles. The van der Waals surface area contributed by atoms with Gasteiger partial charge in [0.15, 0.2) is 5.82 Å². The summed E-state index contributed by atoms with van der Waals surface area (Å²) in [4.78, 5) is 17.6. The molecule has 2 aromatic heterocycles. The van der Waals surface area contributed by atoms with Gasteiger partial charge in [0, 0.05) is 37.9 Å². The number of ether oxygens (including phenoxy) is 1. The van der Waals surface area contributed by atoms with Gasteiger partial charge < -0.3 is 24.8 Å². The van der Waals surface area contributed by atoms with Crippen molar-refractivity contribution in [3.8, 4) is 0 Å². The van der Waals surface area contributed by atoms with Gasteiger partial charge in [-0.15, -0.1) is 0 Å². The number of nitrogens with zero attached hydrogens (tertiary/aromatic N) is 5. The van der Waals surface area contributed by atoms with Crippen LogP contribution in [0.2, 0.25) is 0 Å². The van der Waals surface area contributed by atoms with E-state index < -0.39 is 0 Å². The average Bonchev–Trinajstić information content (AvgIpc) is 3.45. The molecule has 1 aromatic carbocycles. The first-order valence-electron chi connectivity index (χ1n) is 10.7. The monoisotopic (exact) mass is 408 g/mol.